The molecule has 1 heterocycles. The van der Waals surface area contributed by atoms with E-state index in [1.54, 1.807) is 42.5 Å². The second-order valence-electron chi connectivity index (χ2n) is 5.84. The Morgan fingerprint density at radius 3 is 2.52 bits per heavy atom. The Morgan fingerprint density at radius 1 is 1.08 bits per heavy atom. The Morgan fingerprint density at radius 2 is 1.80 bits per heavy atom. The topological polar surface area (TPSA) is 58.6 Å². The molecule has 1 aliphatic heterocycles. The molecule has 2 aromatic rings. The quantitative estimate of drug-likeness (QED) is 0.903. The van der Waals surface area contributed by atoms with Gasteiger partial charge in [-0.2, -0.15) is 0 Å². The van der Waals surface area contributed by atoms with Gasteiger partial charge in [0.2, 0.25) is 0 Å². The predicted molar refractivity (Wildman–Crippen MR) is 97.5 cm³/mol. The van der Waals surface area contributed by atoms with Gasteiger partial charge in [-0.05, 0) is 43.2 Å². The third-order valence-electron chi connectivity index (χ3n) is 4.21. The number of hydrogen-bond acceptors (Lipinski definition) is 3. The van der Waals surface area contributed by atoms with Crippen LogP contribution in [0, 0.1) is 0 Å². The van der Waals surface area contributed by atoms with Gasteiger partial charge in [0, 0.05) is 18.1 Å². The number of hydrogen-bond donors (Lipinski definition) is 1. The maximum atomic E-state index is 12.7. The zero-order chi connectivity index (χ0) is 17.8. The summed E-state index contributed by atoms with van der Waals surface area (Å²) in [7, 11) is 1.49. The van der Waals surface area contributed by atoms with Crippen LogP contribution in [0.15, 0.2) is 42.5 Å². The monoisotopic (exact) mass is 358 g/mol. The van der Waals surface area contributed by atoms with Gasteiger partial charge in [-0.1, -0.05) is 23.7 Å². The number of rotatable bonds is 4. The SMILES string of the molecule is COc1ccc(Cl)cc1C(=O)Nc1ccccc1C(=O)N1CCCC1. The molecule has 0 aliphatic carbocycles. The van der Waals surface area contributed by atoms with E-state index in [1.165, 1.54) is 7.11 Å². The molecule has 1 aliphatic rings. The van der Waals surface area contributed by atoms with Crippen LogP contribution in [0.2, 0.25) is 5.02 Å². The number of methoxy groups -OCH3 is 1. The number of ether oxygens (including phenoxy) is 1. The Kier molecular flexibility index (Phi) is 5.24. The number of nitrogens with zero attached hydrogens (tertiary/aromatic N) is 1. The van der Waals surface area contributed by atoms with Crippen LogP contribution < -0.4 is 10.1 Å². The van der Waals surface area contributed by atoms with Crippen LogP contribution in [0.4, 0.5) is 5.69 Å². The van der Waals surface area contributed by atoms with E-state index in [9.17, 15) is 9.59 Å². The molecule has 0 aromatic heterocycles. The third-order valence-corrected chi connectivity index (χ3v) is 4.44. The highest BCUT2D eigenvalue weighted by molar-refractivity contribution is 6.31. The summed E-state index contributed by atoms with van der Waals surface area (Å²) in [5.74, 6) is -0.0160. The van der Waals surface area contributed by atoms with Gasteiger partial charge >= 0.3 is 0 Å². The molecule has 0 unspecified atom stereocenters. The molecule has 6 heteroatoms. The number of carbonyl (C=O) groups excluding carboxylic acids is 2. The van der Waals surface area contributed by atoms with E-state index in [2.05, 4.69) is 5.32 Å². The minimum atomic E-state index is -0.374. The van der Waals surface area contributed by atoms with Crippen molar-refractivity contribution in [1.82, 2.24) is 4.90 Å². The molecule has 25 heavy (non-hydrogen) atoms. The van der Waals surface area contributed by atoms with Gasteiger partial charge < -0.3 is 15.0 Å². The van der Waals surface area contributed by atoms with Crippen LogP contribution in [0.1, 0.15) is 33.6 Å². The fourth-order valence-electron chi connectivity index (χ4n) is 2.92. The summed E-state index contributed by atoms with van der Waals surface area (Å²) in [5, 5.41) is 3.25. The molecule has 3 rings (SSSR count). The minimum absolute atomic E-state index is 0.0635. The highest BCUT2D eigenvalue weighted by Crippen LogP contribution is 2.25. The lowest BCUT2D eigenvalue weighted by Crippen LogP contribution is -2.28. The van der Waals surface area contributed by atoms with Crippen LogP contribution in [0.25, 0.3) is 0 Å². The standard InChI is InChI=1S/C19H19ClN2O3/c1-25-17-9-8-13(20)12-15(17)18(23)21-16-7-3-2-6-14(16)19(24)22-10-4-5-11-22/h2-3,6-9,12H,4-5,10-11H2,1H3,(H,21,23). The predicted octanol–water partition coefficient (Wildman–Crippen LogP) is 3.84. The van der Waals surface area contributed by atoms with Crippen molar-refractivity contribution in [1.29, 1.82) is 0 Å². The fourth-order valence-corrected chi connectivity index (χ4v) is 3.09. The van der Waals surface area contributed by atoms with E-state index in [0.717, 1.165) is 25.9 Å². The van der Waals surface area contributed by atoms with Crippen LogP contribution in [0.5, 0.6) is 5.75 Å². The lowest BCUT2D eigenvalue weighted by molar-refractivity contribution is 0.0794. The average molecular weight is 359 g/mol. The molecule has 1 fully saturated rings. The zero-order valence-corrected chi connectivity index (χ0v) is 14.7. The Balaban J connectivity index is 1.87. The van der Waals surface area contributed by atoms with E-state index in [1.807, 2.05) is 4.90 Å². The Bertz CT molecular complexity index is 801. The second-order valence-corrected chi connectivity index (χ2v) is 6.28. The number of amides is 2. The van der Waals surface area contributed by atoms with Gasteiger partial charge in [0.15, 0.2) is 0 Å². The first-order valence-electron chi connectivity index (χ1n) is 8.13. The lowest BCUT2D eigenvalue weighted by atomic mass is 10.1. The molecule has 0 radical (unpaired) electrons. The fraction of sp³-hybridized carbons (Fsp3) is 0.263. The highest BCUT2D eigenvalue weighted by Gasteiger charge is 2.23. The van der Waals surface area contributed by atoms with Crippen molar-refractivity contribution in [2.45, 2.75) is 12.8 Å². The summed E-state index contributed by atoms with van der Waals surface area (Å²) in [5.41, 5.74) is 1.28. The summed E-state index contributed by atoms with van der Waals surface area (Å²) in [4.78, 5) is 27.2. The Labute approximate surface area is 151 Å². The first kappa shape index (κ1) is 17.3. The van der Waals surface area contributed by atoms with Crippen molar-refractivity contribution in [2.24, 2.45) is 0 Å². The van der Waals surface area contributed by atoms with Crippen molar-refractivity contribution < 1.29 is 14.3 Å². The Hall–Kier alpha value is -2.53. The molecule has 130 valence electrons. The van der Waals surface area contributed by atoms with Gasteiger partial charge in [-0.3, -0.25) is 9.59 Å². The van der Waals surface area contributed by atoms with E-state index >= 15 is 0 Å². The lowest BCUT2D eigenvalue weighted by Gasteiger charge is -2.18. The molecular weight excluding hydrogens is 340 g/mol. The largest absolute Gasteiger partial charge is 0.496 e. The second kappa shape index (κ2) is 7.57. The molecule has 0 atom stereocenters. The highest BCUT2D eigenvalue weighted by atomic mass is 35.5. The first-order chi connectivity index (χ1) is 12.1. The normalized spacial score (nSPS) is 13.6. The number of likely N-dealkylation sites (tertiary alicyclic amines) is 1. The van der Waals surface area contributed by atoms with Gasteiger partial charge in [0.05, 0.1) is 23.9 Å². The van der Waals surface area contributed by atoms with E-state index in [4.69, 9.17) is 16.3 Å². The van der Waals surface area contributed by atoms with Crippen LogP contribution in [-0.2, 0) is 0 Å². The average Bonchev–Trinajstić information content (AvgIpc) is 3.16. The van der Waals surface area contributed by atoms with Crippen LogP contribution >= 0.6 is 11.6 Å². The molecule has 2 amide bonds. The molecule has 2 aromatic carbocycles. The molecule has 0 saturated carbocycles. The summed E-state index contributed by atoms with van der Waals surface area (Å²) >= 11 is 5.99. The van der Waals surface area contributed by atoms with Crippen molar-refractivity contribution in [3.63, 3.8) is 0 Å². The van der Waals surface area contributed by atoms with Gasteiger partial charge in [0.1, 0.15) is 5.75 Å². The maximum Gasteiger partial charge on any atom is 0.259 e. The summed E-state index contributed by atoms with van der Waals surface area (Å²) in [6, 6.07) is 11.9. The molecular formula is C19H19ClN2O3. The number of anilines is 1. The summed E-state index contributed by atoms with van der Waals surface area (Å²) in [6.07, 6.45) is 2.03. The molecule has 1 saturated heterocycles. The smallest absolute Gasteiger partial charge is 0.259 e. The number of benzene rings is 2. The molecule has 0 bridgehead atoms. The van der Waals surface area contributed by atoms with Crippen molar-refractivity contribution in [2.75, 3.05) is 25.5 Å². The number of nitrogens with one attached hydrogen (secondary N) is 1. The van der Waals surface area contributed by atoms with Gasteiger partial charge in [-0.25, -0.2) is 0 Å². The first-order valence-corrected chi connectivity index (χ1v) is 8.51. The van der Waals surface area contributed by atoms with E-state index in [-0.39, 0.29) is 11.8 Å². The zero-order valence-electron chi connectivity index (χ0n) is 13.9. The van der Waals surface area contributed by atoms with Crippen molar-refractivity contribution in [3.8, 4) is 5.75 Å². The molecule has 0 spiro atoms. The maximum absolute atomic E-state index is 12.7. The van der Waals surface area contributed by atoms with Gasteiger partial charge in [-0.15, -0.1) is 0 Å². The minimum Gasteiger partial charge on any atom is -0.496 e. The summed E-state index contributed by atoms with van der Waals surface area (Å²) < 4.78 is 5.22. The number of para-hydroxylation sites is 1. The van der Waals surface area contributed by atoms with Crippen molar-refractivity contribution in [3.05, 3.63) is 58.6 Å². The van der Waals surface area contributed by atoms with Gasteiger partial charge in [0.25, 0.3) is 11.8 Å². The van der Waals surface area contributed by atoms with Crippen LogP contribution in [0.3, 0.4) is 0 Å². The number of carbonyl (C=O) groups is 2. The molecule has 1 N–H and O–H groups in total. The summed E-state index contributed by atoms with van der Waals surface area (Å²) in [6.45, 7) is 1.51. The van der Waals surface area contributed by atoms with Crippen molar-refractivity contribution >= 4 is 29.1 Å². The molecule has 5 nitrogen and oxygen atoms in total. The van der Waals surface area contributed by atoms with Crippen LogP contribution in [-0.4, -0.2) is 36.9 Å². The van der Waals surface area contributed by atoms with E-state index < -0.39 is 0 Å². The number of halogens is 1. The third kappa shape index (κ3) is 3.77. The van der Waals surface area contributed by atoms with E-state index in [0.29, 0.717) is 27.6 Å².